The number of ether oxygens (including phenoxy) is 2. The molecule has 0 saturated carbocycles. The SMILES string of the molecule is COc1ccc([C@@H]2[C@@H](C(=O)C(C)(C)C)N3N=Cc4ccccc4[C@@H]3[C@]23N=C(c2ccccc2)OC3=O)cc1. The van der Waals surface area contributed by atoms with Crippen LogP contribution in [0.15, 0.2) is 89.0 Å². The average molecular weight is 508 g/mol. The predicted molar refractivity (Wildman–Crippen MR) is 144 cm³/mol. The number of Topliss-reactive ketones (excluding diaryl/α,β-unsaturated/α-hetero) is 1. The second-order valence-corrected chi connectivity index (χ2v) is 11.0. The Morgan fingerprint density at radius 3 is 2.34 bits per heavy atom. The Morgan fingerprint density at radius 2 is 1.66 bits per heavy atom. The Hall–Kier alpha value is -4.26. The first kappa shape index (κ1) is 24.1. The minimum atomic E-state index is -1.43. The molecule has 0 N–H and O–H groups in total. The maximum atomic E-state index is 14.2. The normalized spacial score (nSPS) is 25.6. The number of benzene rings is 3. The fourth-order valence-corrected chi connectivity index (χ4v) is 5.89. The van der Waals surface area contributed by atoms with Gasteiger partial charge >= 0.3 is 5.97 Å². The van der Waals surface area contributed by atoms with E-state index in [0.29, 0.717) is 11.3 Å². The van der Waals surface area contributed by atoms with Gasteiger partial charge in [0.25, 0.3) is 0 Å². The molecule has 3 aliphatic rings. The summed E-state index contributed by atoms with van der Waals surface area (Å²) >= 11 is 0. The van der Waals surface area contributed by atoms with Gasteiger partial charge in [-0.3, -0.25) is 9.80 Å². The first-order chi connectivity index (χ1) is 18.3. The summed E-state index contributed by atoms with van der Waals surface area (Å²) in [5.74, 6) is -0.216. The van der Waals surface area contributed by atoms with Gasteiger partial charge in [-0.15, -0.1) is 0 Å². The van der Waals surface area contributed by atoms with Gasteiger partial charge in [0, 0.05) is 11.0 Å². The van der Waals surface area contributed by atoms with Gasteiger partial charge in [-0.05, 0) is 41.0 Å². The van der Waals surface area contributed by atoms with E-state index < -0.39 is 34.9 Å². The lowest BCUT2D eigenvalue weighted by molar-refractivity contribution is -0.140. The third-order valence-corrected chi connectivity index (χ3v) is 7.68. The van der Waals surface area contributed by atoms with Crippen molar-refractivity contribution < 1.29 is 19.1 Å². The van der Waals surface area contributed by atoms with E-state index in [1.165, 1.54) is 0 Å². The van der Waals surface area contributed by atoms with Gasteiger partial charge in [0.1, 0.15) is 17.8 Å². The van der Waals surface area contributed by atoms with Crippen molar-refractivity contribution in [1.29, 1.82) is 0 Å². The molecule has 192 valence electrons. The van der Waals surface area contributed by atoms with Crippen LogP contribution in [0, 0.1) is 5.41 Å². The maximum Gasteiger partial charge on any atom is 0.344 e. The molecule has 1 spiro atoms. The Kier molecular flexibility index (Phi) is 5.49. The zero-order valence-electron chi connectivity index (χ0n) is 21.8. The Labute approximate surface area is 221 Å². The van der Waals surface area contributed by atoms with Crippen molar-refractivity contribution in [2.24, 2.45) is 15.5 Å². The van der Waals surface area contributed by atoms with Crippen molar-refractivity contribution in [2.75, 3.05) is 7.11 Å². The summed E-state index contributed by atoms with van der Waals surface area (Å²) in [6.07, 6.45) is 1.76. The van der Waals surface area contributed by atoms with Gasteiger partial charge in [0.2, 0.25) is 5.90 Å². The molecule has 4 atom stereocenters. The number of rotatable bonds is 4. The van der Waals surface area contributed by atoms with Crippen LogP contribution in [0.1, 0.15) is 55.0 Å². The minimum Gasteiger partial charge on any atom is -0.497 e. The number of methoxy groups -OCH3 is 1. The molecular formula is C31H29N3O4. The van der Waals surface area contributed by atoms with Crippen LogP contribution in [0.2, 0.25) is 0 Å². The average Bonchev–Trinajstić information content (AvgIpc) is 3.43. The third kappa shape index (κ3) is 3.49. The van der Waals surface area contributed by atoms with Crippen molar-refractivity contribution in [3.8, 4) is 5.75 Å². The lowest BCUT2D eigenvalue weighted by Gasteiger charge is -2.35. The van der Waals surface area contributed by atoms with Crippen LogP contribution in [0.3, 0.4) is 0 Å². The number of hydrazone groups is 1. The van der Waals surface area contributed by atoms with E-state index in [2.05, 4.69) is 0 Å². The zero-order valence-corrected chi connectivity index (χ0v) is 21.8. The topological polar surface area (TPSA) is 80.6 Å². The van der Waals surface area contributed by atoms with E-state index in [0.717, 1.165) is 16.7 Å². The van der Waals surface area contributed by atoms with Gasteiger partial charge in [0.15, 0.2) is 11.3 Å². The highest BCUT2D eigenvalue weighted by atomic mass is 16.6. The van der Waals surface area contributed by atoms with Gasteiger partial charge in [-0.25, -0.2) is 9.79 Å². The molecule has 7 nitrogen and oxygen atoms in total. The number of ketones is 1. The summed E-state index contributed by atoms with van der Waals surface area (Å²) in [4.78, 5) is 33.5. The Morgan fingerprint density at radius 1 is 0.974 bits per heavy atom. The molecule has 3 aliphatic heterocycles. The standard InChI is InChI=1S/C31H29N3O4/c1-30(2,3)27(35)25-24(19-14-16-22(37-4)17-15-19)31(26-23-13-9-8-12-21(23)18-32-34(25)26)29(36)38-28(33-31)20-10-6-5-7-11-20/h5-18,24-26H,1-4H3/t24-,25+,26-,31-/m1/s1. The quantitative estimate of drug-likeness (QED) is 0.469. The number of carbonyl (C=O) groups is 2. The van der Waals surface area contributed by atoms with Crippen molar-refractivity contribution in [1.82, 2.24) is 5.01 Å². The van der Waals surface area contributed by atoms with E-state index in [-0.39, 0.29) is 11.7 Å². The molecule has 0 amide bonds. The minimum absolute atomic E-state index is 0.0205. The highest BCUT2D eigenvalue weighted by Crippen LogP contribution is 2.59. The van der Waals surface area contributed by atoms with E-state index in [9.17, 15) is 9.59 Å². The molecular weight excluding hydrogens is 478 g/mol. The molecule has 1 fully saturated rings. The lowest BCUT2D eigenvalue weighted by atomic mass is 9.70. The highest BCUT2D eigenvalue weighted by molar-refractivity contribution is 6.10. The zero-order chi connectivity index (χ0) is 26.7. The predicted octanol–water partition coefficient (Wildman–Crippen LogP) is 4.91. The molecule has 0 bridgehead atoms. The Bertz CT molecular complexity index is 1470. The Balaban J connectivity index is 1.65. The molecule has 0 aromatic heterocycles. The van der Waals surface area contributed by atoms with Crippen molar-refractivity contribution in [3.63, 3.8) is 0 Å². The van der Waals surface area contributed by atoms with Gasteiger partial charge < -0.3 is 9.47 Å². The number of hydrogen-bond donors (Lipinski definition) is 0. The largest absolute Gasteiger partial charge is 0.497 e. The molecule has 3 aromatic rings. The summed E-state index contributed by atoms with van der Waals surface area (Å²) in [6, 6.07) is 23.4. The summed E-state index contributed by atoms with van der Waals surface area (Å²) in [6.45, 7) is 5.69. The fraction of sp³-hybridized carbons (Fsp3) is 0.290. The van der Waals surface area contributed by atoms with Gasteiger partial charge in [-0.1, -0.05) is 75.4 Å². The molecule has 6 rings (SSSR count). The van der Waals surface area contributed by atoms with Crippen molar-refractivity contribution in [3.05, 3.63) is 101 Å². The molecule has 0 radical (unpaired) electrons. The molecule has 1 saturated heterocycles. The molecule has 0 unspecified atom stereocenters. The summed E-state index contributed by atoms with van der Waals surface area (Å²) in [5.41, 5.74) is 1.16. The molecule has 3 heterocycles. The van der Waals surface area contributed by atoms with Crippen LogP contribution < -0.4 is 4.74 Å². The third-order valence-electron chi connectivity index (χ3n) is 7.68. The molecule has 7 heteroatoms. The van der Waals surface area contributed by atoms with Crippen LogP contribution in [0.25, 0.3) is 0 Å². The number of cyclic esters (lactones) is 1. The van der Waals surface area contributed by atoms with Crippen LogP contribution >= 0.6 is 0 Å². The lowest BCUT2D eigenvalue weighted by Crippen LogP contribution is -2.45. The second kappa shape index (κ2) is 8.65. The van der Waals surface area contributed by atoms with Crippen LogP contribution in [-0.4, -0.2) is 47.6 Å². The second-order valence-electron chi connectivity index (χ2n) is 11.0. The van der Waals surface area contributed by atoms with Crippen LogP contribution in [0.5, 0.6) is 5.75 Å². The summed E-state index contributed by atoms with van der Waals surface area (Å²) in [7, 11) is 1.61. The van der Waals surface area contributed by atoms with Gasteiger partial charge in [0.05, 0.1) is 19.2 Å². The van der Waals surface area contributed by atoms with Crippen molar-refractivity contribution in [2.45, 2.75) is 44.3 Å². The van der Waals surface area contributed by atoms with E-state index in [4.69, 9.17) is 19.6 Å². The van der Waals surface area contributed by atoms with Gasteiger partial charge in [-0.2, -0.15) is 5.10 Å². The number of nitrogens with zero attached hydrogens (tertiary/aromatic N) is 3. The first-order valence-corrected chi connectivity index (χ1v) is 12.7. The summed E-state index contributed by atoms with van der Waals surface area (Å²) in [5, 5.41) is 6.59. The van der Waals surface area contributed by atoms with E-state index in [1.54, 1.807) is 18.3 Å². The molecule has 3 aromatic carbocycles. The number of carbonyl (C=O) groups excluding carboxylic acids is 2. The van der Waals surface area contributed by atoms with Crippen molar-refractivity contribution >= 4 is 23.9 Å². The van der Waals surface area contributed by atoms with E-state index >= 15 is 0 Å². The van der Waals surface area contributed by atoms with Crippen LogP contribution in [-0.2, 0) is 14.3 Å². The number of fused-ring (bicyclic) bond motifs is 4. The monoisotopic (exact) mass is 507 g/mol. The number of aliphatic imine (C=N–C) groups is 1. The fourth-order valence-electron chi connectivity index (χ4n) is 5.89. The van der Waals surface area contributed by atoms with Crippen LogP contribution in [0.4, 0.5) is 0 Å². The first-order valence-electron chi connectivity index (χ1n) is 12.7. The molecule has 38 heavy (non-hydrogen) atoms. The number of esters is 1. The highest BCUT2D eigenvalue weighted by Gasteiger charge is 2.71. The summed E-state index contributed by atoms with van der Waals surface area (Å²) < 4.78 is 11.4. The molecule has 0 aliphatic carbocycles. The maximum absolute atomic E-state index is 14.2. The number of hydrogen-bond acceptors (Lipinski definition) is 7. The smallest absolute Gasteiger partial charge is 0.344 e. The van der Waals surface area contributed by atoms with E-state index in [1.807, 2.05) is 99.6 Å².